The molecule has 0 radical (unpaired) electrons. The predicted molar refractivity (Wildman–Crippen MR) is 91.6 cm³/mol. The molecule has 1 N–H and O–H groups in total. The second-order valence-corrected chi connectivity index (χ2v) is 8.49. The monoisotopic (exact) mass is 338 g/mol. The normalized spacial score (nSPS) is 18.6. The van der Waals surface area contributed by atoms with Gasteiger partial charge in [-0.25, -0.2) is 12.7 Å². The maximum Gasteiger partial charge on any atom is 0.223 e. The summed E-state index contributed by atoms with van der Waals surface area (Å²) in [6.45, 7) is 6.96. The Bertz CT molecular complexity index is 677. The highest BCUT2D eigenvalue weighted by Crippen LogP contribution is 2.22. The molecule has 0 bridgehead atoms. The van der Waals surface area contributed by atoms with Crippen LogP contribution in [-0.4, -0.2) is 38.0 Å². The summed E-state index contributed by atoms with van der Waals surface area (Å²) in [4.78, 5) is 12.4. The van der Waals surface area contributed by atoms with Gasteiger partial charge in [0.15, 0.2) is 0 Å². The number of hydrogen-bond acceptors (Lipinski definition) is 3. The lowest BCUT2D eigenvalue weighted by molar-refractivity contribution is -0.126. The summed E-state index contributed by atoms with van der Waals surface area (Å²) in [6.07, 6.45) is 2.38. The Morgan fingerprint density at radius 3 is 2.35 bits per heavy atom. The van der Waals surface area contributed by atoms with Gasteiger partial charge in [0.1, 0.15) is 0 Å². The number of carbonyl (C=O) groups is 1. The molecule has 1 aliphatic heterocycles. The van der Waals surface area contributed by atoms with Crippen molar-refractivity contribution in [1.29, 1.82) is 0 Å². The molecule has 23 heavy (non-hydrogen) atoms. The molecule has 1 fully saturated rings. The van der Waals surface area contributed by atoms with E-state index < -0.39 is 10.0 Å². The van der Waals surface area contributed by atoms with Crippen LogP contribution in [-0.2, 0) is 14.8 Å². The molecule has 5 nitrogen and oxygen atoms in total. The number of sulfonamides is 1. The Kier molecular flexibility index (Phi) is 5.47. The lowest BCUT2D eigenvalue weighted by Crippen LogP contribution is -2.43. The van der Waals surface area contributed by atoms with Crippen molar-refractivity contribution in [2.45, 2.75) is 39.7 Å². The van der Waals surface area contributed by atoms with E-state index in [1.54, 1.807) is 0 Å². The van der Waals surface area contributed by atoms with E-state index in [-0.39, 0.29) is 17.9 Å². The molecule has 6 heteroatoms. The first-order valence-electron chi connectivity index (χ1n) is 8.01. The highest BCUT2D eigenvalue weighted by molar-refractivity contribution is 7.88. The smallest absolute Gasteiger partial charge is 0.223 e. The number of rotatable bonds is 4. The average molecular weight is 338 g/mol. The van der Waals surface area contributed by atoms with Gasteiger partial charge in [-0.05, 0) is 50.3 Å². The summed E-state index contributed by atoms with van der Waals surface area (Å²) in [5, 5.41) is 3.06. The van der Waals surface area contributed by atoms with Crippen molar-refractivity contribution < 1.29 is 13.2 Å². The third-order valence-corrected chi connectivity index (χ3v) is 5.99. The first-order valence-corrected chi connectivity index (χ1v) is 9.86. The van der Waals surface area contributed by atoms with Gasteiger partial charge in [0.2, 0.25) is 15.9 Å². The van der Waals surface area contributed by atoms with E-state index in [9.17, 15) is 13.2 Å². The molecule has 128 valence electrons. The molecule has 0 aliphatic carbocycles. The van der Waals surface area contributed by atoms with Gasteiger partial charge >= 0.3 is 0 Å². The highest BCUT2D eigenvalue weighted by atomic mass is 32.2. The lowest BCUT2D eigenvalue weighted by atomic mass is 9.96. The zero-order chi connectivity index (χ0) is 17.2. The molecule has 0 saturated carbocycles. The molecule has 1 atom stereocenters. The van der Waals surface area contributed by atoms with Gasteiger partial charge in [-0.15, -0.1) is 0 Å². The fourth-order valence-electron chi connectivity index (χ4n) is 2.90. The predicted octanol–water partition coefficient (Wildman–Crippen LogP) is 2.15. The largest absolute Gasteiger partial charge is 0.349 e. The van der Waals surface area contributed by atoms with Gasteiger partial charge in [0, 0.05) is 19.0 Å². The molecule has 1 heterocycles. The Hall–Kier alpha value is -1.40. The van der Waals surface area contributed by atoms with Crippen molar-refractivity contribution in [2.75, 3.05) is 19.3 Å². The minimum Gasteiger partial charge on any atom is -0.349 e. The number of amides is 1. The summed E-state index contributed by atoms with van der Waals surface area (Å²) < 4.78 is 24.5. The first-order chi connectivity index (χ1) is 10.7. The van der Waals surface area contributed by atoms with Crippen LogP contribution in [0.2, 0.25) is 0 Å². The minimum atomic E-state index is -3.15. The second-order valence-electron chi connectivity index (χ2n) is 6.51. The van der Waals surface area contributed by atoms with Crippen LogP contribution in [0.15, 0.2) is 18.2 Å². The van der Waals surface area contributed by atoms with Crippen molar-refractivity contribution >= 4 is 15.9 Å². The van der Waals surface area contributed by atoms with E-state index >= 15 is 0 Å². The molecule has 1 amide bonds. The highest BCUT2D eigenvalue weighted by Gasteiger charge is 2.29. The molecular formula is C17H26N2O3S. The van der Waals surface area contributed by atoms with Gasteiger partial charge in [-0.1, -0.05) is 18.2 Å². The fourth-order valence-corrected chi connectivity index (χ4v) is 3.77. The molecule has 0 spiro atoms. The third-order valence-electron chi connectivity index (χ3n) is 4.68. The Morgan fingerprint density at radius 2 is 1.83 bits per heavy atom. The first kappa shape index (κ1) is 17.9. The Morgan fingerprint density at radius 1 is 1.22 bits per heavy atom. The number of carbonyl (C=O) groups excluding carboxylic acids is 1. The van der Waals surface area contributed by atoms with Crippen LogP contribution >= 0.6 is 0 Å². The number of hydrogen-bond donors (Lipinski definition) is 1. The molecule has 1 aliphatic rings. The number of aryl methyl sites for hydroxylation is 2. The number of piperidine rings is 1. The van der Waals surface area contributed by atoms with E-state index in [0.717, 1.165) is 5.56 Å². The number of nitrogens with zero attached hydrogens (tertiary/aromatic N) is 1. The molecule has 1 saturated heterocycles. The van der Waals surface area contributed by atoms with E-state index in [0.29, 0.717) is 25.9 Å². The lowest BCUT2D eigenvalue weighted by Gasteiger charge is -2.30. The quantitative estimate of drug-likeness (QED) is 0.915. The van der Waals surface area contributed by atoms with Gasteiger partial charge in [0.25, 0.3) is 0 Å². The standard InChI is InChI=1S/C17H26N2O3S/c1-12-5-6-16(11-13(12)2)14(3)18-17(20)15-7-9-19(10-8-15)23(4,21)22/h5-6,11,14-15H,7-10H2,1-4H3,(H,18,20). The molecule has 1 unspecified atom stereocenters. The van der Waals surface area contributed by atoms with Crippen molar-refractivity contribution in [3.05, 3.63) is 34.9 Å². The molecule has 1 aromatic rings. The van der Waals surface area contributed by atoms with Crippen molar-refractivity contribution in [3.63, 3.8) is 0 Å². The van der Waals surface area contributed by atoms with E-state index in [1.165, 1.54) is 21.7 Å². The van der Waals surface area contributed by atoms with Gasteiger partial charge in [-0.2, -0.15) is 0 Å². The van der Waals surface area contributed by atoms with Crippen LogP contribution < -0.4 is 5.32 Å². The zero-order valence-corrected chi connectivity index (χ0v) is 15.1. The van der Waals surface area contributed by atoms with Crippen LogP contribution in [0.4, 0.5) is 0 Å². The maximum absolute atomic E-state index is 12.4. The SMILES string of the molecule is Cc1ccc(C(C)NC(=O)C2CCN(S(C)(=O)=O)CC2)cc1C. The maximum atomic E-state index is 12.4. The number of benzene rings is 1. The molecule has 1 aromatic carbocycles. The van der Waals surface area contributed by atoms with E-state index in [4.69, 9.17) is 0 Å². The summed E-state index contributed by atoms with van der Waals surface area (Å²) in [5.41, 5.74) is 3.54. The summed E-state index contributed by atoms with van der Waals surface area (Å²) >= 11 is 0. The van der Waals surface area contributed by atoms with Gasteiger partial charge in [-0.3, -0.25) is 4.79 Å². The fraction of sp³-hybridized carbons (Fsp3) is 0.588. The minimum absolute atomic E-state index is 0.0175. The van der Waals surface area contributed by atoms with Crippen molar-refractivity contribution in [2.24, 2.45) is 5.92 Å². The Labute approximate surface area is 139 Å². The summed E-state index contributed by atoms with van der Waals surface area (Å²) in [7, 11) is -3.15. The number of nitrogens with one attached hydrogen (secondary N) is 1. The van der Waals surface area contributed by atoms with Crippen molar-refractivity contribution in [1.82, 2.24) is 9.62 Å². The summed E-state index contributed by atoms with van der Waals surface area (Å²) in [5.74, 6) is -0.0918. The third kappa shape index (κ3) is 4.54. The summed E-state index contributed by atoms with van der Waals surface area (Å²) in [6, 6.07) is 6.17. The van der Waals surface area contributed by atoms with E-state index in [1.807, 2.05) is 13.0 Å². The topological polar surface area (TPSA) is 66.5 Å². The van der Waals surface area contributed by atoms with Crippen LogP contribution in [0.1, 0.15) is 42.5 Å². The second kappa shape index (κ2) is 7.01. The van der Waals surface area contributed by atoms with Crippen LogP contribution in [0.5, 0.6) is 0 Å². The molecule has 2 rings (SSSR count). The van der Waals surface area contributed by atoms with Crippen LogP contribution in [0, 0.1) is 19.8 Å². The van der Waals surface area contributed by atoms with Gasteiger partial charge < -0.3 is 5.32 Å². The van der Waals surface area contributed by atoms with Crippen molar-refractivity contribution in [3.8, 4) is 0 Å². The van der Waals surface area contributed by atoms with Crippen LogP contribution in [0.3, 0.4) is 0 Å². The van der Waals surface area contributed by atoms with Gasteiger partial charge in [0.05, 0.1) is 12.3 Å². The zero-order valence-electron chi connectivity index (χ0n) is 14.3. The Balaban J connectivity index is 1.93. The average Bonchev–Trinajstić information content (AvgIpc) is 2.49. The van der Waals surface area contributed by atoms with Crippen LogP contribution in [0.25, 0.3) is 0 Å². The molecular weight excluding hydrogens is 312 g/mol. The molecule has 0 aromatic heterocycles. The van der Waals surface area contributed by atoms with E-state index in [2.05, 4.69) is 31.3 Å².